The molecule has 0 saturated carbocycles. The van der Waals surface area contributed by atoms with E-state index >= 15 is 0 Å². The highest BCUT2D eigenvalue weighted by molar-refractivity contribution is 5.90. The maximum Gasteiger partial charge on any atom is 0.167 e. The van der Waals surface area contributed by atoms with E-state index in [-0.39, 0.29) is 5.75 Å². The van der Waals surface area contributed by atoms with Gasteiger partial charge >= 0.3 is 0 Å². The summed E-state index contributed by atoms with van der Waals surface area (Å²) >= 11 is 0. The van der Waals surface area contributed by atoms with E-state index in [9.17, 15) is 4.39 Å². The summed E-state index contributed by atoms with van der Waals surface area (Å²) in [6.45, 7) is 5.07. The van der Waals surface area contributed by atoms with Crippen molar-refractivity contribution in [2.75, 3.05) is 51.3 Å². The molecule has 7 heteroatoms. The zero-order valence-electron chi connectivity index (χ0n) is 15.8. The molecule has 1 aliphatic rings. The third-order valence-electron chi connectivity index (χ3n) is 4.98. The number of nitrogens with zero attached hydrogens (tertiary/aromatic N) is 4. The number of rotatable bonds is 6. The van der Waals surface area contributed by atoms with Gasteiger partial charge in [-0.05, 0) is 18.2 Å². The van der Waals surface area contributed by atoms with E-state index in [1.165, 1.54) is 19.5 Å². The van der Waals surface area contributed by atoms with Crippen LogP contribution in [0.25, 0.3) is 10.9 Å². The molecule has 4 rings (SSSR count). The third kappa shape index (κ3) is 3.99. The second-order valence-corrected chi connectivity index (χ2v) is 6.69. The molecule has 0 spiro atoms. The first kappa shape index (κ1) is 18.4. The van der Waals surface area contributed by atoms with Gasteiger partial charge in [-0.3, -0.25) is 4.90 Å². The molecule has 2 aromatic carbocycles. The monoisotopic (exact) mass is 382 g/mol. The number of para-hydroxylation sites is 1. The molecule has 0 N–H and O–H groups in total. The molecule has 3 aromatic rings. The lowest BCUT2D eigenvalue weighted by Crippen LogP contribution is -2.47. The fourth-order valence-corrected chi connectivity index (χ4v) is 3.45. The summed E-state index contributed by atoms with van der Waals surface area (Å²) in [5, 5.41) is 0.807. The second kappa shape index (κ2) is 8.39. The lowest BCUT2D eigenvalue weighted by Gasteiger charge is -2.35. The number of methoxy groups -OCH3 is 1. The number of benzene rings is 2. The number of fused-ring (bicyclic) bond motifs is 1. The van der Waals surface area contributed by atoms with Crippen molar-refractivity contribution in [3.05, 3.63) is 54.6 Å². The van der Waals surface area contributed by atoms with Crippen LogP contribution in [0.15, 0.2) is 48.8 Å². The van der Waals surface area contributed by atoms with Crippen LogP contribution in [0.4, 0.5) is 10.2 Å². The van der Waals surface area contributed by atoms with Gasteiger partial charge in [0.15, 0.2) is 11.6 Å². The van der Waals surface area contributed by atoms with E-state index in [0.29, 0.717) is 12.1 Å². The van der Waals surface area contributed by atoms with Gasteiger partial charge in [-0.15, -0.1) is 0 Å². The maximum atomic E-state index is 14.0. The highest BCUT2D eigenvalue weighted by atomic mass is 19.1. The predicted octanol–water partition coefficient (Wildman–Crippen LogP) is 2.98. The van der Waals surface area contributed by atoms with Crippen LogP contribution in [0.3, 0.4) is 0 Å². The van der Waals surface area contributed by atoms with Crippen molar-refractivity contribution in [1.29, 1.82) is 0 Å². The van der Waals surface area contributed by atoms with Crippen LogP contribution in [0.2, 0.25) is 0 Å². The number of anilines is 1. The van der Waals surface area contributed by atoms with Crippen LogP contribution < -0.4 is 14.4 Å². The van der Waals surface area contributed by atoms with E-state index in [4.69, 9.17) is 9.47 Å². The van der Waals surface area contributed by atoms with Gasteiger partial charge in [-0.1, -0.05) is 18.2 Å². The van der Waals surface area contributed by atoms with Crippen molar-refractivity contribution in [2.45, 2.75) is 0 Å². The Balaban J connectivity index is 1.38. The molecule has 0 amide bonds. The van der Waals surface area contributed by atoms with Gasteiger partial charge in [0.2, 0.25) is 0 Å². The molecule has 1 fully saturated rings. The summed E-state index contributed by atoms with van der Waals surface area (Å²) in [6.07, 6.45) is 1.49. The summed E-state index contributed by atoms with van der Waals surface area (Å²) in [6, 6.07) is 12.9. The van der Waals surface area contributed by atoms with Crippen LogP contribution >= 0.6 is 0 Å². The van der Waals surface area contributed by atoms with Gasteiger partial charge < -0.3 is 14.4 Å². The predicted molar refractivity (Wildman–Crippen MR) is 107 cm³/mol. The highest BCUT2D eigenvalue weighted by Gasteiger charge is 2.21. The average molecular weight is 382 g/mol. The molecule has 0 bridgehead atoms. The van der Waals surface area contributed by atoms with E-state index in [0.717, 1.165) is 49.7 Å². The Hall–Kier alpha value is -2.93. The van der Waals surface area contributed by atoms with Crippen molar-refractivity contribution in [3.63, 3.8) is 0 Å². The minimum atomic E-state index is -0.414. The molecule has 6 nitrogen and oxygen atoms in total. The van der Waals surface area contributed by atoms with E-state index in [1.54, 1.807) is 6.07 Å². The second-order valence-electron chi connectivity index (χ2n) is 6.69. The highest BCUT2D eigenvalue weighted by Crippen LogP contribution is 2.29. The first-order chi connectivity index (χ1) is 13.7. The van der Waals surface area contributed by atoms with Gasteiger partial charge in [0.25, 0.3) is 0 Å². The largest absolute Gasteiger partial charge is 0.494 e. The fraction of sp³-hybridized carbons (Fsp3) is 0.333. The Bertz CT molecular complexity index is 930. The van der Waals surface area contributed by atoms with Crippen LogP contribution in [0.1, 0.15) is 0 Å². The van der Waals surface area contributed by atoms with Crippen LogP contribution in [0, 0.1) is 5.82 Å². The lowest BCUT2D eigenvalue weighted by atomic mass is 10.2. The summed E-state index contributed by atoms with van der Waals surface area (Å²) in [4.78, 5) is 13.2. The topological polar surface area (TPSA) is 50.7 Å². The Morgan fingerprint density at radius 2 is 1.82 bits per heavy atom. The van der Waals surface area contributed by atoms with Crippen LogP contribution in [-0.4, -0.2) is 61.3 Å². The molecule has 2 heterocycles. The quantitative estimate of drug-likeness (QED) is 0.653. The molecule has 1 saturated heterocycles. The zero-order valence-corrected chi connectivity index (χ0v) is 15.8. The normalized spacial score (nSPS) is 15.0. The smallest absolute Gasteiger partial charge is 0.167 e. The van der Waals surface area contributed by atoms with E-state index in [2.05, 4.69) is 19.8 Å². The average Bonchev–Trinajstić information content (AvgIpc) is 2.74. The van der Waals surface area contributed by atoms with E-state index in [1.807, 2.05) is 30.3 Å². The molecule has 1 aliphatic heterocycles. The van der Waals surface area contributed by atoms with Gasteiger partial charge in [0.05, 0.1) is 12.6 Å². The zero-order chi connectivity index (χ0) is 19.3. The Morgan fingerprint density at radius 3 is 2.57 bits per heavy atom. The molecule has 0 radical (unpaired) electrons. The SMILES string of the molecule is COc1cc2c(N3CCN(CCOc4ccccc4)CC3)ncnc2cc1F. The van der Waals surface area contributed by atoms with E-state index < -0.39 is 5.82 Å². The number of hydrogen-bond acceptors (Lipinski definition) is 6. The number of hydrogen-bond donors (Lipinski definition) is 0. The van der Waals surface area contributed by atoms with Gasteiger partial charge in [-0.25, -0.2) is 14.4 Å². The third-order valence-corrected chi connectivity index (χ3v) is 4.98. The fourth-order valence-electron chi connectivity index (χ4n) is 3.45. The van der Waals surface area contributed by atoms with Crippen molar-refractivity contribution in [2.24, 2.45) is 0 Å². The molecule has 0 unspecified atom stereocenters. The van der Waals surface area contributed by atoms with Gasteiger partial charge in [0, 0.05) is 44.2 Å². The first-order valence-electron chi connectivity index (χ1n) is 9.38. The summed E-state index contributed by atoms with van der Waals surface area (Å²) in [7, 11) is 1.46. The first-order valence-corrected chi connectivity index (χ1v) is 9.38. The van der Waals surface area contributed by atoms with Crippen LogP contribution in [0.5, 0.6) is 11.5 Å². The van der Waals surface area contributed by atoms with Crippen LogP contribution in [-0.2, 0) is 0 Å². The molecule has 28 heavy (non-hydrogen) atoms. The van der Waals surface area contributed by atoms with Crippen molar-refractivity contribution < 1.29 is 13.9 Å². The Kier molecular flexibility index (Phi) is 5.53. The molecular weight excluding hydrogens is 359 g/mol. The molecular formula is C21H23FN4O2. The summed E-state index contributed by atoms with van der Waals surface area (Å²) in [5.41, 5.74) is 0.585. The minimum Gasteiger partial charge on any atom is -0.494 e. The molecule has 1 aromatic heterocycles. The maximum absolute atomic E-state index is 14.0. The van der Waals surface area contributed by atoms with Gasteiger partial charge in [0.1, 0.15) is 24.5 Å². The minimum absolute atomic E-state index is 0.209. The summed E-state index contributed by atoms with van der Waals surface area (Å²) in [5.74, 6) is 1.52. The van der Waals surface area contributed by atoms with Crippen molar-refractivity contribution in [1.82, 2.24) is 14.9 Å². The summed E-state index contributed by atoms with van der Waals surface area (Å²) < 4.78 is 24.9. The molecule has 146 valence electrons. The lowest BCUT2D eigenvalue weighted by molar-refractivity contribution is 0.200. The standard InChI is InChI=1S/C21H23FN4O2/c1-27-20-13-17-19(14-18(20)22)23-15-24-21(17)26-9-7-25(8-10-26)11-12-28-16-5-3-2-4-6-16/h2-6,13-15H,7-12H2,1H3. The molecule has 0 atom stereocenters. The Morgan fingerprint density at radius 1 is 1.04 bits per heavy atom. The number of piperazine rings is 1. The van der Waals surface area contributed by atoms with Crippen molar-refractivity contribution >= 4 is 16.7 Å². The number of ether oxygens (including phenoxy) is 2. The van der Waals surface area contributed by atoms with Gasteiger partial charge in [-0.2, -0.15) is 0 Å². The molecule has 0 aliphatic carbocycles. The number of aromatic nitrogens is 2. The number of halogens is 1. The van der Waals surface area contributed by atoms with Crippen molar-refractivity contribution in [3.8, 4) is 11.5 Å². The Labute approximate surface area is 163 Å².